The molecule has 0 aliphatic carbocycles. The number of aromatic nitrogens is 2. The topological polar surface area (TPSA) is 90.4 Å². The molecule has 38 heavy (non-hydrogen) atoms. The van der Waals surface area contributed by atoms with Crippen LogP contribution in [0.5, 0.6) is 23.0 Å². The summed E-state index contributed by atoms with van der Waals surface area (Å²) in [5.41, 5.74) is 0.550. The average molecular weight is 548 g/mol. The first-order valence-electron chi connectivity index (χ1n) is 15.5. The van der Waals surface area contributed by atoms with Crippen molar-refractivity contribution in [2.24, 2.45) is 0 Å². The van der Waals surface area contributed by atoms with E-state index in [9.17, 15) is 0 Å². The maximum absolute atomic E-state index is 8.66. The summed E-state index contributed by atoms with van der Waals surface area (Å²) in [6.45, 7) is -4.59. The van der Waals surface area contributed by atoms with E-state index < -0.39 is 19.8 Å². The minimum atomic E-state index is -2.73. The standard InChI is InChI=1S/C27H32ClN5O5/c1-32-6-8-33(9-7-32)10-13-35-19-14-21-24(23(15-19)38-18-4-11-34-12-5-18)27(30-16-29-21)31-25-20(28)2-3-22-26(25)37-17-36-22/h2-3,14-16,18H,4-13,17H2,1H3,(H,29,30,31)/i10D2,13D2,17D2. The van der Waals surface area contributed by atoms with Crippen molar-refractivity contribution in [3.05, 3.63) is 35.6 Å². The maximum Gasteiger partial charge on any atom is 0.231 e. The van der Waals surface area contributed by atoms with Crippen LogP contribution >= 0.6 is 11.6 Å². The average Bonchev–Trinajstić information content (AvgIpc) is 3.29. The lowest BCUT2D eigenvalue weighted by atomic mass is 10.1. The van der Waals surface area contributed by atoms with Gasteiger partial charge in [-0.1, -0.05) is 11.6 Å². The zero-order valence-electron chi connectivity index (χ0n) is 26.8. The number of nitrogens with one attached hydrogen (secondary N) is 1. The van der Waals surface area contributed by atoms with Gasteiger partial charge in [-0.05, 0) is 19.2 Å². The normalized spacial score (nSPS) is 23.0. The van der Waals surface area contributed by atoms with Crippen molar-refractivity contribution in [3.63, 3.8) is 0 Å². The Morgan fingerprint density at radius 3 is 2.84 bits per heavy atom. The van der Waals surface area contributed by atoms with E-state index in [4.69, 9.17) is 43.5 Å². The van der Waals surface area contributed by atoms with Crippen LogP contribution in [0.2, 0.25) is 5.02 Å². The number of anilines is 2. The molecule has 3 aliphatic rings. The van der Waals surface area contributed by atoms with Gasteiger partial charge in [-0.3, -0.25) is 4.90 Å². The van der Waals surface area contributed by atoms with Gasteiger partial charge < -0.3 is 33.9 Å². The van der Waals surface area contributed by atoms with Crippen LogP contribution in [-0.2, 0) is 4.74 Å². The number of piperazine rings is 1. The van der Waals surface area contributed by atoms with Gasteiger partial charge >= 0.3 is 0 Å². The summed E-state index contributed by atoms with van der Waals surface area (Å²) in [6.07, 6.45) is 2.30. The van der Waals surface area contributed by atoms with Crippen molar-refractivity contribution in [3.8, 4) is 23.0 Å². The van der Waals surface area contributed by atoms with Crippen molar-refractivity contribution in [2.75, 3.05) is 71.6 Å². The molecule has 0 unspecified atom stereocenters. The van der Waals surface area contributed by atoms with Gasteiger partial charge in [-0.2, -0.15) is 0 Å². The molecular weight excluding hydrogens is 510 g/mol. The first-order chi connectivity index (χ1) is 20.8. The number of benzene rings is 2. The number of hydrogen-bond acceptors (Lipinski definition) is 10. The smallest absolute Gasteiger partial charge is 0.231 e. The predicted molar refractivity (Wildman–Crippen MR) is 144 cm³/mol. The van der Waals surface area contributed by atoms with Crippen LogP contribution in [0.15, 0.2) is 30.6 Å². The van der Waals surface area contributed by atoms with Crippen molar-refractivity contribution >= 4 is 34.0 Å². The van der Waals surface area contributed by atoms with Gasteiger partial charge in [-0.25, -0.2) is 9.97 Å². The van der Waals surface area contributed by atoms with Gasteiger partial charge in [-0.15, -0.1) is 0 Å². The summed E-state index contributed by atoms with van der Waals surface area (Å²) in [6, 6.07) is 6.04. The summed E-state index contributed by atoms with van der Waals surface area (Å²) >= 11 is 6.50. The van der Waals surface area contributed by atoms with Gasteiger partial charge in [0.1, 0.15) is 44.7 Å². The van der Waals surface area contributed by atoms with Gasteiger partial charge in [0.15, 0.2) is 11.5 Å². The van der Waals surface area contributed by atoms with Crippen LogP contribution in [0, 0.1) is 0 Å². The van der Waals surface area contributed by atoms with Gasteiger partial charge in [0.2, 0.25) is 6.75 Å². The zero-order chi connectivity index (χ0) is 31.3. The van der Waals surface area contributed by atoms with Crippen molar-refractivity contribution in [1.29, 1.82) is 0 Å². The number of likely N-dealkylation sites (N-methyl/N-ethyl adjacent to an activating group) is 1. The number of fused-ring (bicyclic) bond motifs is 2. The third-order valence-corrected chi connectivity index (χ3v) is 6.94. The summed E-state index contributed by atoms with van der Waals surface area (Å²) < 4.78 is 78.6. The molecule has 0 radical (unpaired) electrons. The van der Waals surface area contributed by atoms with Crippen LogP contribution in [0.4, 0.5) is 11.5 Å². The van der Waals surface area contributed by atoms with E-state index in [0.717, 1.165) is 0 Å². The molecule has 202 valence electrons. The first kappa shape index (κ1) is 19.1. The Balaban J connectivity index is 1.38. The fourth-order valence-corrected chi connectivity index (χ4v) is 4.67. The summed E-state index contributed by atoms with van der Waals surface area (Å²) in [4.78, 5) is 12.3. The Hall–Kier alpha value is -3.05. The van der Waals surface area contributed by atoms with E-state index >= 15 is 0 Å². The fourth-order valence-electron chi connectivity index (χ4n) is 4.48. The van der Waals surface area contributed by atoms with Gasteiger partial charge in [0.05, 0.1) is 31.9 Å². The maximum atomic E-state index is 8.66. The molecule has 0 amide bonds. The molecule has 2 saturated heterocycles. The van der Waals surface area contributed by atoms with E-state index in [1.54, 1.807) is 6.07 Å². The molecule has 4 heterocycles. The van der Waals surface area contributed by atoms with Gasteiger partial charge in [0, 0.05) is 60.4 Å². The third kappa shape index (κ3) is 5.54. The molecule has 0 spiro atoms. The Morgan fingerprint density at radius 2 is 2.00 bits per heavy atom. The molecule has 1 N–H and O–H groups in total. The number of rotatable bonds is 8. The monoisotopic (exact) mass is 547 g/mol. The molecule has 11 heteroatoms. The highest BCUT2D eigenvalue weighted by molar-refractivity contribution is 6.34. The minimum absolute atomic E-state index is 0.0239. The van der Waals surface area contributed by atoms with Crippen LogP contribution in [0.25, 0.3) is 10.9 Å². The van der Waals surface area contributed by atoms with E-state index in [-0.39, 0.29) is 45.6 Å². The fraction of sp³-hybridized carbons (Fsp3) is 0.481. The Kier molecular flexibility index (Phi) is 5.71. The largest absolute Gasteiger partial charge is 0.492 e. The van der Waals surface area contributed by atoms with Gasteiger partial charge in [0.25, 0.3) is 0 Å². The molecule has 1 aromatic heterocycles. The van der Waals surface area contributed by atoms with Crippen LogP contribution in [-0.4, -0.2) is 92.1 Å². The van der Waals surface area contributed by atoms with Crippen LogP contribution < -0.4 is 24.3 Å². The van der Waals surface area contributed by atoms with E-state index in [1.165, 1.54) is 29.4 Å². The third-order valence-electron chi connectivity index (χ3n) is 6.62. The molecule has 3 aliphatic heterocycles. The van der Waals surface area contributed by atoms with Crippen LogP contribution in [0.1, 0.15) is 21.1 Å². The molecule has 0 saturated carbocycles. The van der Waals surface area contributed by atoms with Crippen molar-refractivity contribution in [2.45, 2.75) is 18.9 Å². The highest BCUT2D eigenvalue weighted by atomic mass is 35.5. The highest BCUT2D eigenvalue weighted by Gasteiger charge is 2.24. The zero-order valence-corrected chi connectivity index (χ0v) is 21.6. The second-order valence-corrected chi connectivity index (χ2v) is 9.64. The number of ether oxygens (including phenoxy) is 5. The number of nitrogens with zero attached hydrogens (tertiary/aromatic N) is 4. The lowest BCUT2D eigenvalue weighted by Gasteiger charge is -2.32. The van der Waals surface area contributed by atoms with E-state index in [0.29, 0.717) is 63.1 Å². The molecule has 0 bridgehead atoms. The SMILES string of the molecule is [2H]C1([2H])Oc2ccc(Cl)c(Nc3ncnc4cc(OC([2H])([2H])C([2H])([2H])N5CCN(C)CC5)cc(OC5CCOCC5)c34)c2O1. The minimum Gasteiger partial charge on any atom is -0.492 e. The quantitative estimate of drug-likeness (QED) is 0.447. The van der Waals surface area contributed by atoms with Crippen molar-refractivity contribution in [1.82, 2.24) is 19.8 Å². The molecule has 6 rings (SSSR count). The van der Waals surface area contributed by atoms with Crippen molar-refractivity contribution < 1.29 is 31.9 Å². The molecule has 3 aromatic rings. The number of halogens is 1. The second-order valence-electron chi connectivity index (χ2n) is 9.24. The first-order valence-corrected chi connectivity index (χ1v) is 12.8. The molecule has 2 aromatic carbocycles. The molecule has 2 fully saturated rings. The lowest BCUT2D eigenvalue weighted by molar-refractivity contribution is 0.0261. The highest BCUT2D eigenvalue weighted by Crippen LogP contribution is 2.46. The van der Waals surface area contributed by atoms with Crippen LogP contribution in [0.3, 0.4) is 0 Å². The van der Waals surface area contributed by atoms with E-state index in [1.807, 2.05) is 7.05 Å². The second kappa shape index (κ2) is 11.4. The van der Waals surface area contributed by atoms with E-state index in [2.05, 4.69) is 20.2 Å². The summed E-state index contributed by atoms with van der Waals surface area (Å²) in [7, 11) is 1.94. The Bertz CT molecular complexity index is 1540. The molecule has 10 nitrogen and oxygen atoms in total. The Morgan fingerprint density at radius 1 is 1.16 bits per heavy atom. The lowest BCUT2D eigenvalue weighted by Crippen LogP contribution is -2.45. The predicted octanol–water partition coefficient (Wildman–Crippen LogP) is 3.94. The summed E-state index contributed by atoms with van der Waals surface area (Å²) in [5, 5.41) is 3.77. The molecular formula is C27H32ClN5O5. The Labute approximate surface area is 235 Å². The number of hydrogen-bond donors (Lipinski definition) is 1. The molecule has 0 atom stereocenters. The summed E-state index contributed by atoms with van der Waals surface area (Å²) in [5.74, 6) is 0.785.